The third-order valence-corrected chi connectivity index (χ3v) is 7.08. The third kappa shape index (κ3) is 9.76. The van der Waals surface area contributed by atoms with Crippen LogP contribution < -0.4 is 10.1 Å². The number of benzene rings is 3. The Morgan fingerprint density at radius 3 is 2.05 bits per heavy atom. The summed E-state index contributed by atoms with van der Waals surface area (Å²) in [6, 6.07) is 12.1. The van der Waals surface area contributed by atoms with Gasteiger partial charge in [-0.3, -0.25) is 9.59 Å². The molecule has 0 heterocycles. The Balaban J connectivity index is 0.000000308. The Kier molecular flexibility index (Phi) is 12.0. The van der Waals surface area contributed by atoms with E-state index in [0.717, 1.165) is 12.0 Å². The molecule has 0 saturated carbocycles. The molecule has 0 bridgehead atoms. The second-order valence-corrected chi connectivity index (χ2v) is 12.8. The van der Waals surface area contributed by atoms with E-state index in [-0.39, 0.29) is 39.7 Å². The SMILES string of the molecule is CC(C)(C)c1cc(C=O)cc(NC(=O)c2ccc(O)cc2)c1O.CCC(C)(C)c1cc(OC(=O)OCC(C)C)cc(C)c1O. The predicted molar refractivity (Wildman–Crippen MR) is 171 cm³/mol. The van der Waals surface area contributed by atoms with Crippen LogP contribution >= 0.6 is 0 Å². The molecule has 0 fully saturated rings. The van der Waals surface area contributed by atoms with E-state index in [1.165, 1.54) is 30.3 Å². The molecule has 3 aromatic carbocycles. The van der Waals surface area contributed by atoms with Crippen molar-refractivity contribution in [2.24, 2.45) is 5.92 Å². The van der Waals surface area contributed by atoms with Crippen molar-refractivity contribution < 1.29 is 39.2 Å². The molecule has 1 amide bonds. The van der Waals surface area contributed by atoms with Crippen LogP contribution in [0.5, 0.6) is 23.0 Å². The number of carbonyl (C=O) groups excluding carboxylic acids is 3. The molecule has 0 aliphatic rings. The van der Waals surface area contributed by atoms with Crippen molar-refractivity contribution in [3.05, 3.63) is 76.3 Å². The zero-order valence-corrected chi connectivity index (χ0v) is 27.1. The van der Waals surface area contributed by atoms with Gasteiger partial charge in [0.2, 0.25) is 0 Å². The summed E-state index contributed by atoms with van der Waals surface area (Å²) < 4.78 is 10.2. The number of hydrogen-bond acceptors (Lipinski definition) is 8. The summed E-state index contributed by atoms with van der Waals surface area (Å²) in [7, 11) is 0. The summed E-state index contributed by atoms with van der Waals surface area (Å²) in [5.41, 5.74) is 2.32. The second-order valence-electron chi connectivity index (χ2n) is 12.8. The maximum absolute atomic E-state index is 12.2. The average Bonchev–Trinajstić information content (AvgIpc) is 2.94. The summed E-state index contributed by atoms with van der Waals surface area (Å²) in [5.74, 6) is 0.467. The molecule has 0 radical (unpaired) electrons. The van der Waals surface area contributed by atoms with Gasteiger partial charge >= 0.3 is 6.16 Å². The van der Waals surface area contributed by atoms with Gasteiger partial charge in [0.25, 0.3) is 5.91 Å². The summed E-state index contributed by atoms with van der Waals surface area (Å²) in [6.45, 7) is 17.9. The number of aromatic hydroxyl groups is 3. The molecule has 0 aliphatic carbocycles. The lowest BCUT2D eigenvalue weighted by Gasteiger charge is -2.25. The molecular formula is C35H45NO8. The topological polar surface area (TPSA) is 142 Å². The fourth-order valence-corrected chi connectivity index (χ4v) is 4.07. The number of aldehydes is 1. The van der Waals surface area contributed by atoms with E-state index in [0.29, 0.717) is 40.9 Å². The molecule has 0 spiro atoms. The molecule has 0 aromatic heterocycles. The van der Waals surface area contributed by atoms with Gasteiger partial charge in [0, 0.05) is 22.3 Å². The van der Waals surface area contributed by atoms with Gasteiger partial charge in [-0.25, -0.2) is 4.79 Å². The van der Waals surface area contributed by atoms with Crippen LogP contribution in [0.15, 0.2) is 48.5 Å². The van der Waals surface area contributed by atoms with Crippen molar-refractivity contribution in [3.8, 4) is 23.0 Å². The Morgan fingerprint density at radius 1 is 0.909 bits per heavy atom. The lowest BCUT2D eigenvalue weighted by Crippen LogP contribution is -2.18. The maximum Gasteiger partial charge on any atom is 0.513 e. The number of carbonyl (C=O) groups is 3. The van der Waals surface area contributed by atoms with Gasteiger partial charge in [-0.2, -0.15) is 0 Å². The van der Waals surface area contributed by atoms with Crippen LogP contribution in [0.25, 0.3) is 0 Å². The first-order valence-corrected chi connectivity index (χ1v) is 14.5. The van der Waals surface area contributed by atoms with Gasteiger partial charge in [0.15, 0.2) is 0 Å². The summed E-state index contributed by atoms with van der Waals surface area (Å²) in [4.78, 5) is 35.0. The second kappa shape index (κ2) is 14.8. The van der Waals surface area contributed by atoms with Crippen molar-refractivity contribution in [2.45, 2.75) is 79.6 Å². The smallest absolute Gasteiger partial charge is 0.508 e. The van der Waals surface area contributed by atoms with E-state index in [9.17, 15) is 29.7 Å². The van der Waals surface area contributed by atoms with Crippen LogP contribution in [0.1, 0.15) is 99.2 Å². The van der Waals surface area contributed by atoms with E-state index < -0.39 is 12.1 Å². The minimum atomic E-state index is -0.714. The minimum absolute atomic E-state index is 0.0577. The molecule has 9 nitrogen and oxygen atoms in total. The molecule has 0 unspecified atom stereocenters. The van der Waals surface area contributed by atoms with Crippen LogP contribution in [0.3, 0.4) is 0 Å². The first-order chi connectivity index (χ1) is 20.4. The van der Waals surface area contributed by atoms with Crippen molar-refractivity contribution in [1.29, 1.82) is 0 Å². The van der Waals surface area contributed by atoms with Crippen LogP contribution in [0, 0.1) is 12.8 Å². The highest BCUT2D eigenvalue weighted by Crippen LogP contribution is 2.39. The molecule has 9 heteroatoms. The average molecular weight is 608 g/mol. The Bertz CT molecular complexity index is 1470. The lowest BCUT2D eigenvalue weighted by atomic mass is 9.81. The van der Waals surface area contributed by atoms with E-state index in [1.807, 2.05) is 48.5 Å². The van der Waals surface area contributed by atoms with Crippen LogP contribution in [-0.2, 0) is 15.6 Å². The molecule has 0 aliphatic heterocycles. The molecule has 0 atom stereocenters. The predicted octanol–water partition coefficient (Wildman–Crippen LogP) is 8.02. The van der Waals surface area contributed by atoms with E-state index >= 15 is 0 Å². The lowest BCUT2D eigenvalue weighted by molar-refractivity contribution is 0.0884. The Hall–Kier alpha value is -4.53. The first-order valence-electron chi connectivity index (χ1n) is 14.5. The largest absolute Gasteiger partial charge is 0.513 e. The number of ether oxygens (including phenoxy) is 2. The normalized spacial score (nSPS) is 11.3. The zero-order valence-electron chi connectivity index (χ0n) is 27.1. The molecule has 3 aromatic rings. The molecule has 44 heavy (non-hydrogen) atoms. The van der Waals surface area contributed by atoms with Crippen LogP contribution in [0.4, 0.5) is 10.5 Å². The summed E-state index contributed by atoms with van der Waals surface area (Å²) >= 11 is 0. The van der Waals surface area contributed by atoms with Crippen molar-refractivity contribution >= 4 is 24.0 Å². The fourth-order valence-electron chi connectivity index (χ4n) is 4.07. The third-order valence-electron chi connectivity index (χ3n) is 7.08. The van der Waals surface area contributed by atoms with Gasteiger partial charge in [-0.15, -0.1) is 0 Å². The zero-order chi connectivity index (χ0) is 33.4. The minimum Gasteiger partial charge on any atom is -0.508 e. The Morgan fingerprint density at radius 2 is 1.52 bits per heavy atom. The first kappa shape index (κ1) is 35.7. The summed E-state index contributed by atoms with van der Waals surface area (Å²) in [5, 5.41) is 32.5. The van der Waals surface area contributed by atoms with Crippen LogP contribution in [-0.4, -0.2) is 40.3 Å². The summed E-state index contributed by atoms with van der Waals surface area (Å²) in [6.07, 6.45) is 0.820. The Labute approximate surface area is 259 Å². The standard InChI is InChI=1S/C18H19NO4.C17H26O4/c1-18(2,3)14-8-11(10-20)9-15(16(14)22)19-17(23)12-4-6-13(21)7-5-12;1-7-17(5,6)14-9-13(8-12(4)15(14)18)21-16(19)20-10-11(2)3/h4-10,21-22H,1-3H3,(H,19,23);8-9,11,18H,7,10H2,1-6H3. The van der Waals surface area contributed by atoms with Gasteiger partial charge < -0.3 is 30.1 Å². The fraction of sp³-hybridized carbons (Fsp3) is 0.400. The molecular weight excluding hydrogens is 562 g/mol. The van der Waals surface area contributed by atoms with Crippen molar-refractivity contribution in [1.82, 2.24) is 0 Å². The van der Waals surface area contributed by atoms with E-state index in [2.05, 4.69) is 12.2 Å². The van der Waals surface area contributed by atoms with Gasteiger partial charge in [-0.1, -0.05) is 55.4 Å². The van der Waals surface area contributed by atoms with Gasteiger partial charge in [0.05, 0.1) is 12.3 Å². The van der Waals surface area contributed by atoms with E-state index in [1.54, 1.807) is 25.1 Å². The molecule has 3 rings (SSSR count). The molecule has 4 N–H and O–H groups in total. The molecule has 238 valence electrons. The van der Waals surface area contributed by atoms with Crippen molar-refractivity contribution in [2.75, 3.05) is 11.9 Å². The number of aryl methyl sites for hydroxylation is 1. The quantitative estimate of drug-likeness (QED) is 0.0873. The van der Waals surface area contributed by atoms with Crippen LogP contribution in [0.2, 0.25) is 0 Å². The van der Waals surface area contributed by atoms with Gasteiger partial charge in [0.1, 0.15) is 29.3 Å². The number of phenolic OH excluding ortho intramolecular Hbond substituents is 3. The number of amides is 1. The maximum atomic E-state index is 12.2. The van der Waals surface area contributed by atoms with Gasteiger partial charge in [-0.05, 0) is 84.2 Å². The number of anilines is 1. The number of rotatable bonds is 8. The highest BCUT2D eigenvalue weighted by molar-refractivity contribution is 6.05. The van der Waals surface area contributed by atoms with E-state index in [4.69, 9.17) is 9.47 Å². The number of nitrogens with one attached hydrogen (secondary N) is 1. The number of phenols is 3. The number of hydrogen-bond donors (Lipinski definition) is 4. The van der Waals surface area contributed by atoms with Crippen molar-refractivity contribution in [3.63, 3.8) is 0 Å². The highest BCUT2D eigenvalue weighted by Gasteiger charge is 2.25. The molecule has 0 saturated heterocycles. The highest BCUT2D eigenvalue weighted by atomic mass is 16.7. The monoisotopic (exact) mass is 607 g/mol.